The van der Waals surface area contributed by atoms with E-state index in [0.29, 0.717) is 0 Å². The number of hydrogen-bond acceptors (Lipinski definition) is 2. The maximum atomic E-state index is 11.0. The molecule has 2 rings (SSSR count). The van der Waals surface area contributed by atoms with Gasteiger partial charge in [-0.25, -0.2) is 0 Å². The predicted octanol–water partition coefficient (Wildman–Crippen LogP) is 3.79. The summed E-state index contributed by atoms with van der Waals surface area (Å²) in [7, 11) is 0. The van der Waals surface area contributed by atoms with Crippen LogP contribution in [0.15, 0.2) is 27.6 Å². The summed E-state index contributed by atoms with van der Waals surface area (Å²) in [6.45, 7) is 2.14. The fraction of sp³-hybridized carbons (Fsp3) is 0.417. The van der Waals surface area contributed by atoms with Crippen LogP contribution in [0.5, 0.6) is 0 Å². The number of hydrogen-bond donors (Lipinski definition) is 0. The quantitative estimate of drug-likeness (QED) is 0.618. The Hall–Kier alpha value is -0.280. The minimum atomic E-state index is -0.155. The van der Waals surface area contributed by atoms with Gasteiger partial charge in [0.2, 0.25) is 0 Å². The van der Waals surface area contributed by atoms with Crippen molar-refractivity contribution in [2.45, 2.75) is 30.1 Å². The maximum Gasteiger partial charge on any atom is 0.130 e. The van der Waals surface area contributed by atoms with E-state index in [1.54, 1.807) is 0 Å². The number of halogens is 1. The number of thioether (sulfide) groups is 1. The van der Waals surface area contributed by atoms with Gasteiger partial charge >= 0.3 is 0 Å². The molecular formula is C12H13BrOS. The molecule has 1 aromatic carbocycles. The third-order valence-corrected chi connectivity index (χ3v) is 4.70. The number of carbonyl (C=O) groups is 1. The first kappa shape index (κ1) is 11.2. The van der Waals surface area contributed by atoms with Gasteiger partial charge < -0.3 is 4.79 Å². The average Bonchev–Trinajstić information content (AvgIpc) is 3.02. The molecule has 1 fully saturated rings. The Morgan fingerprint density at radius 3 is 2.73 bits per heavy atom. The monoisotopic (exact) mass is 284 g/mol. The van der Waals surface area contributed by atoms with Gasteiger partial charge in [0.25, 0.3) is 0 Å². The summed E-state index contributed by atoms with van der Waals surface area (Å²) in [6.07, 6.45) is 3.10. The second kappa shape index (κ2) is 4.30. The maximum absolute atomic E-state index is 11.0. The molecule has 0 atom stereocenters. The topological polar surface area (TPSA) is 17.1 Å². The summed E-state index contributed by atoms with van der Waals surface area (Å²) < 4.78 is 1.11. The molecule has 0 unspecified atom stereocenters. The fourth-order valence-corrected chi connectivity index (χ4v) is 3.09. The van der Waals surface area contributed by atoms with Gasteiger partial charge in [0, 0.05) is 9.37 Å². The molecule has 0 radical (unpaired) electrons. The molecule has 0 heterocycles. The molecule has 0 N–H and O–H groups in total. The normalized spacial score (nSPS) is 17.5. The summed E-state index contributed by atoms with van der Waals surface area (Å²) in [6, 6.07) is 6.29. The highest BCUT2D eigenvalue weighted by Crippen LogP contribution is 2.47. The van der Waals surface area contributed by atoms with Crippen molar-refractivity contribution in [2.24, 2.45) is 0 Å². The Labute approximate surface area is 103 Å². The van der Waals surface area contributed by atoms with Gasteiger partial charge in [-0.05, 0) is 52.2 Å². The Morgan fingerprint density at radius 2 is 2.27 bits per heavy atom. The van der Waals surface area contributed by atoms with Crippen molar-refractivity contribution >= 4 is 34.0 Å². The summed E-state index contributed by atoms with van der Waals surface area (Å²) in [4.78, 5) is 12.2. The Kier molecular flexibility index (Phi) is 3.21. The number of rotatable bonds is 4. The zero-order valence-electron chi connectivity index (χ0n) is 8.63. The largest absolute Gasteiger partial charge is 0.302 e. The molecular weight excluding hydrogens is 272 g/mol. The molecule has 1 aromatic rings. The molecule has 3 heteroatoms. The Balaban J connectivity index is 2.29. The molecule has 0 saturated heterocycles. The van der Waals surface area contributed by atoms with Crippen LogP contribution >= 0.6 is 27.7 Å². The first-order valence-corrected chi connectivity index (χ1v) is 6.89. The molecule has 0 amide bonds. The van der Waals surface area contributed by atoms with E-state index in [0.717, 1.165) is 34.9 Å². The molecule has 1 nitrogen and oxygen atoms in total. The van der Waals surface area contributed by atoms with E-state index in [1.165, 1.54) is 4.90 Å². The van der Waals surface area contributed by atoms with Crippen LogP contribution in [-0.4, -0.2) is 12.0 Å². The van der Waals surface area contributed by atoms with E-state index in [2.05, 4.69) is 41.1 Å². The number of benzene rings is 1. The van der Waals surface area contributed by atoms with Gasteiger partial charge in [0.05, 0.1) is 5.41 Å². The second-order valence-electron chi connectivity index (χ2n) is 3.85. The van der Waals surface area contributed by atoms with E-state index in [9.17, 15) is 4.79 Å². The summed E-state index contributed by atoms with van der Waals surface area (Å²) in [5, 5.41) is 0. The SMILES string of the molecule is CCSc1ccc(C2(C=O)CC2)cc1Br. The lowest BCUT2D eigenvalue weighted by atomic mass is 9.98. The lowest BCUT2D eigenvalue weighted by molar-refractivity contribution is -0.109. The molecule has 0 spiro atoms. The zero-order chi connectivity index (χ0) is 10.9. The van der Waals surface area contributed by atoms with Crippen molar-refractivity contribution in [1.29, 1.82) is 0 Å². The van der Waals surface area contributed by atoms with Crippen LogP contribution in [0.1, 0.15) is 25.3 Å². The Bertz CT molecular complexity index is 385. The summed E-state index contributed by atoms with van der Waals surface area (Å²) in [5.74, 6) is 1.07. The van der Waals surface area contributed by atoms with E-state index in [-0.39, 0.29) is 5.41 Å². The average molecular weight is 285 g/mol. The van der Waals surface area contributed by atoms with Gasteiger partial charge in [0.15, 0.2) is 0 Å². The van der Waals surface area contributed by atoms with E-state index in [4.69, 9.17) is 0 Å². The molecule has 0 bridgehead atoms. The molecule has 0 aliphatic heterocycles. The van der Waals surface area contributed by atoms with E-state index < -0.39 is 0 Å². The number of carbonyl (C=O) groups excluding carboxylic acids is 1. The first-order valence-electron chi connectivity index (χ1n) is 5.11. The van der Waals surface area contributed by atoms with Crippen LogP contribution in [0.4, 0.5) is 0 Å². The van der Waals surface area contributed by atoms with Crippen LogP contribution in [0.3, 0.4) is 0 Å². The molecule has 15 heavy (non-hydrogen) atoms. The third kappa shape index (κ3) is 2.13. The van der Waals surface area contributed by atoms with Crippen molar-refractivity contribution < 1.29 is 4.79 Å². The van der Waals surface area contributed by atoms with Crippen LogP contribution < -0.4 is 0 Å². The first-order chi connectivity index (χ1) is 7.22. The standard InChI is InChI=1S/C12H13BrOS/c1-2-15-11-4-3-9(7-10(11)13)12(8-14)5-6-12/h3-4,7-8H,2,5-6H2,1H3. The molecule has 1 aliphatic rings. The highest BCUT2D eigenvalue weighted by molar-refractivity contribution is 9.10. The minimum Gasteiger partial charge on any atom is -0.302 e. The van der Waals surface area contributed by atoms with Gasteiger partial charge in [-0.2, -0.15) is 0 Å². The molecule has 1 saturated carbocycles. The van der Waals surface area contributed by atoms with Crippen molar-refractivity contribution in [2.75, 3.05) is 5.75 Å². The summed E-state index contributed by atoms with van der Waals surface area (Å²) >= 11 is 5.37. The van der Waals surface area contributed by atoms with Gasteiger partial charge in [-0.3, -0.25) is 0 Å². The zero-order valence-corrected chi connectivity index (χ0v) is 11.0. The van der Waals surface area contributed by atoms with Crippen LogP contribution in [0.25, 0.3) is 0 Å². The summed E-state index contributed by atoms with van der Waals surface area (Å²) in [5.41, 5.74) is 1.00. The van der Waals surface area contributed by atoms with Crippen molar-refractivity contribution in [3.05, 3.63) is 28.2 Å². The van der Waals surface area contributed by atoms with Crippen molar-refractivity contribution in [3.8, 4) is 0 Å². The molecule has 0 aromatic heterocycles. The van der Waals surface area contributed by atoms with Crippen molar-refractivity contribution in [3.63, 3.8) is 0 Å². The van der Waals surface area contributed by atoms with Crippen LogP contribution in [0.2, 0.25) is 0 Å². The van der Waals surface area contributed by atoms with E-state index >= 15 is 0 Å². The molecule has 80 valence electrons. The van der Waals surface area contributed by atoms with Crippen molar-refractivity contribution in [1.82, 2.24) is 0 Å². The highest BCUT2D eigenvalue weighted by atomic mass is 79.9. The molecule has 1 aliphatic carbocycles. The smallest absolute Gasteiger partial charge is 0.130 e. The van der Waals surface area contributed by atoms with E-state index in [1.807, 2.05) is 11.8 Å². The fourth-order valence-electron chi connectivity index (χ4n) is 1.69. The van der Waals surface area contributed by atoms with Gasteiger partial charge in [-0.1, -0.05) is 13.0 Å². The lowest BCUT2D eigenvalue weighted by Gasteiger charge is -2.10. The van der Waals surface area contributed by atoms with Gasteiger partial charge in [-0.15, -0.1) is 11.8 Å². The second-order valence-corrected chi connectivity index (χ2v) is 6.01. The number of aldehydes is 1. The predicted molar refractivity (Wildman–Crippen MR) is 67.5 cm³/mol. The lowest BCUT2D eigenvalue weighted by Crippen LogP contribution is -2.07. The third-order valence-electron chi connectivity index (χ3n) is 2.82. The Morgan fingerprint density at radius 1 is 1.53 bits per heavy atom. The van der Waals surface area contributed by atoms with Crippen LogP contribution in [-0.2, 0) is 10.2 Å². The minimum absolute atomic E-state index is 0.155. The highest BCUT2D eigenvalue weighted by Gasteiger charge is 2.44. The van der Waals surface area contributed by atoms with Crippen LogP contribution in [0, 0.1) is 0 Å². The van der Waals surface area contributed by atoms with Gasteiger partial charge in [0.1, 0.15) is 6.29 Å².